The molecule has 3 rings (SSSR count). The van der Waals surface area contributed by atoms with Crippen LogP contribution in [0.2, 0.25) is 0 Å². The molecule has 0 spiro atoms. The molecule has 1 heterocycles. The summed E-state index contributed by atoms with van der Waals surface area (Å²) >= 11 is 0. The Morgan fingerprint density at radius 3 is 2.25 bits per heavy atom. The van der Waals surface area contributed by atoms with Gasteiger partial charge in [0.2, 0.25) is 0 Å². The monoisotopic (exact) mass is 322 g/mol. The number of aromatic nitrogens is 2. The summed E-state index contributed by atoms with van der Waals surface area (Å²) in [5.41, 5.74) is 4.37. The van der Waals surface area contributed by atoms with Gasteiger partial charge in [0.05, 0.1) is 0 Å². The van der Waals surface area contributed by atoms with Crippen molar-refractivity contribution in [1.82, 2.24) is 9.97 Å². The maximum Gasteiger partial charge on any atom is 0.135 e. The smallest absolute Gasteiger partial charge is 0.135 e. The number of benzene rings is 2. The third-order valence-corrected chi connectivity index (χ3v) is 3.55. The second kappa shape index (κ2) is 7.08. The van der Waals surface area contributed by atoms with Gasteiger partial charge in [0.25, 0.3) is 0 Å². The van der Waals surface area contributed by atoms with E-state index in [9.17, 15) is 4.39 Å². The molecule has 0 aliphatic heterocycles. The number of rotatable bonds is 5. The first kappa shape index (κ1) is 15.9. The standard InChI is InChI=1S/C19H19FN4/c1-13-7-14(2)9-17(8-13)24-19-10-18(22-12-23-19)21-11-15-3-5-16(20)6-4-15/h3-10,12H,11H2,1-2H3,(H2,21,22,23,24). The fourth-order valence-corrected chi connectivity index (χ4v) is 2.51. The third kappa shape index (κ3) is 4.29. The SMILES string of the molecule is Cc1cc(C)cc(Nc2cc(NCc3ccc(F)cc3)ncn2)c1. The Labute approximate surface area is 140 Å². The van der Waals surface area contributed by atoms with Crippen LogP contribution in [0.4, 0.5) is 21.7 Å². The van der Waals surface area contributed by atoms with Crippen molar-refractivity contribution in [3.8, 4) is 0 Å². The summed E-state index contributed by atoms with van der Waals surface area (Å²) < 4.78 is 12.9. The predicted molar refractivity (Wildman–Crippen MR) is 95.0 cm³/mol. The lowest BCUT2D eigenvalue weighted by Gasteiger charge is -2.10. The molecule has 4 nitrogen and oxygen atoms in total. The summed E-state index contributed by atoms with van der Waals surface area (Å²) in [4.78, 5) is 8.46. The average molecular weight is 322 g/mol. The largest absolute Gasteiger partial charge is 0.366 e. The summed E-state index contributed by atoms with van der Waals surface area (Å²) in [6, 6.07) is 14.5. The maximum absolute atomic E-state index is 12.9. The van der Waals surface area contributed by atoms with Crippen LogP contribution < -0.4 is 10.6 Å². The molecule has 2 aromatic carbocycles. The molecule has 1 aromatic heterocycles. The van der Waals surface area contributed by atoms with Crippen LogP contribution in [0.5, 0.6) is 0 Å². The molecule has 3 aromatic rings. The highest BCUT2D eigenvalue weighted by atomic mass is 19.1. The van der Waals surface area contributed by atoms with Gasteiger partial charge in [-0.3, -0.25) is 0 Å². The molecule has 0 atom stereocenters. The molecule has 0 aliphatic rings. The zero-order valence-electron chi connectivity index (χ0n) is 13.7. The zero-order valence-corrected chi connectivity index (χ0v) is 13.7. The van der Waals surface area contributed by atoms with Crippen LogP contribution in [0.25, 0.3) is 0 Å². The van der Waals surface area contributed by atoms with Crippen molar-refractivity contribution in [2.24, 2.45) is 0 Å². The van der Waals surface area contributed by atoms with Gasteiger partial charge in [0, 0.05) is 18.3 Å². The van der Waals surface area contributed by atoms with Crippen molar-refractivity contribution in [1.29, 1.82) is 0 Å². The van der Waals surface area contributed by atoms with Gasteiger partial charge >= 0.3 is 0 Å². The zero-order chi connectivity index (χ0) is 16.9. The molecule has 122 valence electrons. The Morgan fingerprint density at radius 2 is 1.54 bits per heavy atom. The number of nitrogens with zero attached hydrogens (tertiary/aromatic N) is 2. The normalized spacial score (nSPS) is 10.5. The second-order valence-corrected chi connectivity index (χ2v) is 5.77. The van der Waals surface area contributed by atoms with E-state index in [1.807, 2.05) is 6.07 Å². The first-order chi connectivity index (χ1) is 11.6. The van der Waals surface area contributed by atoms with E-state index in [0.717, 1.165) is 17.1 Å². The molecule has 24 heavy (non-hydrogen) atoms. The lowest BCUT2D eigenvalue weighted by Crippen LogP contribution is -2.03. The van der Waals surface area contributed by atoms with Gasteiger partial charge in [0.1, 0.15) is 23.8 Å². The predicted octanol–water partition coefficient (Wildman–Crippen LogP) is 4.59. The van der Waals surface area contributed by atoms with Crippen LogP contribution in [0.15, 0.2) is 54.9 Å². The highest BCUT2D eigenvalue weighted by Gasteiger charge is 2.02. The van der Waals surface area contributed by atoms with E-state index in [0.29, 0.717) is 12.4 Å². The summed E-state index contributed by atoms with van der Waals surface area (Å²) in [6.45, 7) is 4.70. The summed E-state index contributed by atoms with van der Waals surface area (Å²) in [6.07, 6.45) is 1.51. The maximum atomic E-state index is 12.9. The topological polar surface area (TPSA) is 49.8 Å². The quantitative estimate of drug-likeness (QED) is 0.721. The van der Waals surface area contributed by atoms with E-state index in [1.165, 1.54) is 29.6 Å². The minimum atomic E-state index is -0.235. The first-order valence-electron chi connectivity index (χ1n) is 7.74. The van der Waals surface area contributed by atoms with E-state index in [4.69, 9.17) is 0 Å². The van der Waals surface area contributed by atoms with Crippen LogP contribution in [-0.4, -0.2) is 9.97 Å². The van der Waals surface area contributed by atoms with Crippen molar-refractivity contribution >= 4 is 17.3 Å². The molecule has 0 radical (unpaired) electrons. The Morgan fingerprint density at radius 1 is 0.875 bits per heavy atom. The van der Waals surface area contributed by atoms with E-state index in [-0.39, 0.29) is 5.82 Å². The molecule has 0 saturated carbocycles. The van der Waals surface area contributed by atoms with Crippen LogP contribution in [0.1, 0.15) is 16.7 Å². The number of halogens is 1. The minimum absolute atomic E-state index is 0.235. The molecule has 0 amide bonds. The molecule has 0 unspecified atom stereocenters. The van der Waals surface area contributed by atoms with Gasteiger partial charge in [-0.05, 0) is 54.8 Å². The van der Waals surface area contributed by atoms with Crippen LogP contribution in [0, 0.1) is 19.7 Å². The molecule has 2 N–H and O–H groups in total. The summed E-state index contributed by atoms with van der Waals surface area (Å²) in [5.74, 6) is 1.19. The number of aryl methyl sites for hydroxylation is 2. The fourth-order valence-electron chi connectivity index (χ4n) is 2.51. The fraction of sp³-hybridized carbons (Fsp3) is 0.158. The van der Waals surface area contributed by atoms with E-state index < -0.39 is 0 Å². The van der Waals surface area contributed by atoms with Crippen molar-refractivity contribution in [2.45, 2.75) is 20.4 Å². The highest BCUT2D eigenvalue weighted by Crippen LogP contribution is 2.19. The van der Waals surface area contributed by atoms with Gasteiger partial charge in [-0.25, -0.2) is 14.4 Å². The Hall–Kier alpha value is -2.95. The number of hydrogen-bond donors (Lipinski definition) is 2. The molecule has 5 heteroatoms. The third-order valence-electron chi connectivity index (χ3n) is 3.55. The second-order valence-electron chi connectivity index (χ2n) is 5.77. The van der Waals surface area contributed by atoms with Gasteiger partial charge in [-0.15, -0.1) is 0 Å². The number of nitrogens with one attached hydrogen (secondary N) is 2. The summed E-state index contributed by atoms with van der Waals surface area (Å²) in [7, 11) is 0. The van der Waals surface area contributed by atoms with E-state index in [2.05, 4.69) is 52.6 Å². The van der Waals surface area contributed by atoms with Gasteiger partial charge < -0.3 is 10.6 Å². The van der Waals surface area contributed by atoms with Crippen LogP contribution in [0.3, 0.4) is 0 Å². The van der Waals surface area contributed by atoms with Crippen molar-refractivity contribution in [3.63, 3.8) is 0 Å². The van der Waals surface area contributed by atoms with E-state index >= 15 is 0 Å². The molecule has 0 saturated heterocycles. The van der Waals surface area contributed by atoms with Crippen molar-refractivity contribution < 1.29 is 4.39 Å². The molecule has 0 fully saturated rings. The summed E-state index contributed by atoms with van der Waals surface area (Å²) in [5, 5.41) is 6.51. The molecule has 0 bridgehead atoms. The van der Waals surface area contributed by atoms with Crippen molar-refractivity contribution in [3.05, 3.63) is 77.4 Å². The molecular formula is C19H19FN4. The van der Waals surface area contributed by atoms with E-state index in [1.54, 1.807) is 12.1 Å². The Balaban J connectivity index is 1.68. The minimum Gasteiger partial charge on any atom is -0.366 e. The highest BCUT2D eigenvalue weighted by molar-refractivity contribution is 5.60. The van der Waals surface area contributed by atoms with Gasteiger partial charge in [-0.2, -0.15) is 0 Å². The van der Waals surface area contributed by atoms with Crippen LogP contribution >= 0.6 is 0 Å². The number of anilines is 3. The van der Waals surface area contributed by atoms with Crippen LogP contribution in [-0.2, 0) is 6.54 Å². The number of hydrogen-bond acceptors (Lipinski definition) is 4. The average Bonchev–Trinajstić information content (AvgIpc) is 2.54. The molecular weight excluding hydrogens is 303 g/mol. The lowest BCUT2D eigenvalue weighted by molar-refractivity contribution is 0.627. The van der Waals surface area contributed by atoms with Crippen molar-refractivity contribution in [2.75, 3.05) is 10.6 Å². The Bertz CT molecular complexity index is 811. The van der Waals surface area contributed by atoms with Gasteiger partial charge in [0.15, 0.2) is 0 Å². The lowest BCUT2D eigenvalue weighted by atomic mass is 10.1. The first-order valence-corrected chi connectivity index (χ1v) is 7.74. The van der Waals surface area contributed by atoms with Gasteiger partial charge in [-0.1, -0.05) is 18.2 Å². The molecule has 0 aliphatic carbocycles. The Kier molecular flexibility index (Phi) is 4.70.